The van der Waals surface area contributed by atoms with Crippen LogP contribution in [0.5, 0.6) is 11.5 Å². The Labute approximate surface area is 126 Å². The van der Waals surface area contributed by atoms with Crippen molar-refractivity contribution in [2.75, 3.05) is 19.6 Å². The molecular weight excluding hydrogens is 320 g/mol. The van der Waals surface area contributed by atoms with E-state index in [2.05, 4.69) is 26.5 Å². The van der Waals surface area contributed by atoms with Crippen molar-refractivity contribution in [3.05, 3.63) is 52.5 Å². The van der Waals surface area contributed by atoms with Gasteiger partial charge in [-0.05, 0) is 40.2 Å². The van der Waals surface area contributed by atoms with Gasteiger partial charge in [0.15, 0.2) is 11.5 Å². The Morgan fingerprint density at radius 3 is 2.45 bits per heavy atom. The summed E-state index contributed by atoms with van der Waals surface area (Å²) < 4.78 is 11.5. The third-order valence-corrected chi connectivity index (χ3v) is 3.38. The van der Waals surface area contributed by atoms with Crippen molar-refractivity contribution in [2.24, 2.45) is 5.10 Å². The predicted octanol–water partition coefficient (Wildman–Crippen LogP) is 3.91. The minimum absolute atomic E-state index is 0.639. The van der Waals surface area contributed by atoms with Crippen molar-refractivity contribution in [2.45, 2.75) is 0 Å². The topological polar surface area (TPSA) is 42.8 Å². The van der Waals surface area contributed by atoms with E-state index in [0.717, 1.165) is 15.7 Å². The molecule has 0 saturated carbocycles. The van der Waals surface area contributed by atoms with E-state index in [-0.39, 0.29) is 0 Å². The standard InChI is InChI=1S/C15H15BrN2O2/c1-19-14-9-8-13(16)12(15(14)20-2)10-17-18-11-6-4-3-5-7-11/h3-10,18H,1-2H3. The quantitative estimate of drug-likeness (QED) is 0.665. The van der Waals surface area contributed by atoms with Gasteiger partial charge < -0.3 is 9.47 Å². The molecule has 20 heavy (non-hydrogen) atoms. The second-order valence-electron chi connectivity index (χ2n) is 3.93. The van der Waals surface area contributed by atoms with Gasteiger partial charge in [0.1, 0.15) is 0 Å². The molecule has 4 nitrogen and oxygen atoms in total. The van der Waals surface area contributed by atoms with E-state index in [0.29, 0.717) is 11.5 Å². The number of benzene rings is 2. The first-order valence-corrected chi connectivity index (χ1v) is 6.80. The first kappa shape index (κ1) is 14.4. The van der Waals surface area contributed by atoms with E-state index in [9.17, 15) is 0 Å². The first-order valence-electron chi connectivity index (χ1n) is 6.01. The largest absolute Gasteiger partial charge is 0.493 e. The number of ether oxygens (including phenoxy) is 2. The smallest absolute Gasteiger partial charge is 0.170 e. The summed E-state index contributed by atoms with van der Waals surface area (Å²) in [6.07, 6.45) is 1.69. The SMILES string of the molecule is COc1ccc(Br)c(C=NNc2ccccc2)c1OC. The average Bonchev–Trinajstić information content (AvgIpc) is 2.49. The molecule has 104 valence electrons. The van der Waals surface area contributed by atoms with Crippen LogP contribution < -0.4 is 14.9 Å². The highest BCUT2D eigenvalue weighted by Gasteiger charge is 2.11. The van der Waals surface area contributed by atoms with Crippen LogP contribution in [-0.4, -0.2) is 20.4 Å². The number of halogens is 1. The predicted molar refractivity (Wildman–Crippen MR) is 84.9 cm³/mol. The maximum Gasteiger partial charge on any atom is 0.170 e. The van der Waals surface area contributed by atoms with Gasteiger partial charge in [0.2, 0.25) is 0 Å². The summed E-state index contributed by atoms with van der Waals surface area (Å²) >= 11 is 3.48. The molecule has 1 N–H and O–H groups in total. The van der Waals surface area contributed by atoms with Gasteiger partial charge in [-0.2, -0.15) is 5.10 Å². The molecule has 5 heteroatoms. The van der Waals surface area contributed by atoms with Gasteiger partial charge in [0.25, 0.3) is 0 Å². The molecule has 0 radical (unpaired) electrons. The van der Waals surface area contributed by atoms with Gasteiger partial charge in [-0.25, -0.2) is 0 Å². The van der Waals surface area contributed by atoms with Crippen molar-refractivity contribution >= 4 is 27.8 Å². The molecular formula is C15H15BrN2O2. The molecule has 2 rings (SSSR count). The maximum atomic E-state index is 5.38. The Hall–Kier alpha value is -2.01. The summed E-state index contributed by atoms with van der Waals surface area (Å²) in [5.41, 5.74) is 4.69. The molecule has 2 aromatic carbocycles. The van der Waals surface area contributed by atoms with E-state index in [1.165, 1.54) is 0 Å². The fourth-order valence-corrected chi connectivity index (χ4v) is 2.15. The number of para-hydroxylation sites is 1. The Morgan fingerprint density at radius 1 is 1.05 bits per heavy atom. The normalized spacial score (nSPS) is 10.6. The zero-order valence-corrected chi connectivity index (χ0v) is 12.8. The molecule has 0 atom stereocenters. The Morgan fingerprint density at radius 2 is 1.80 bits per heavy atom. The molecule has 0 unspecified atom stereocenters. The van der Waals surface area contributed by atoms with Gasteiger partial charge in [0, 0.05) is 4.47 Å². The fraction of sp³-hybridized carbons (Fsp3) is 0.133. The molecule has 0 aliphatic carbocycles. The molecule has 0 amide bonds. The molecule has 0 aliphatic heterocycles. The second kappa shape index (κ2) is 6.96. The highest BCUT2D eigenvalue weighted by Crippen LogP contribution is 2.34. The molecule has 0 aromatic heterocycles. The minimum atomic E-state index is 0.639. The van der Waals surface area contributed by atoms with Gasteiger partial charge >= 0.3 is 0 Å². The summed E-state index contributed by atoms with van der Waals surface area (Å²) in [6, 6.07) is 13.5. The van der Waals surface area contributed by atoms with Crippen LogP contribution in [0.25, 0.3) is 0 Å². The fourth-order valence-electron chi connectivity index (χ4n) is 1.73. The van der Waals surface area contributed by atoms with Gasteiger partial charge in [-0.1, -0.05) is 18.2 Å². The summed E-state index contributed by atoms with van der Waals surface area (Å²) in [6.45, 7) is 0. The lowest BCUT2D eigenvalue weighted by Crippen LogP contribution is -1.98. The van der Waals surface area contributed by atoms with Gasteiger partial charge in [0.05, 0.1) is 31.7 Å². The number of rotatable bonds is 5. The Kier molecular flexibility index (Phi) is 5.01. The second-order valence-corrected chi connectivity index (χ2v) is 4.79. The summed E-state index contributed by atoms with van der Waals surface area (Å²) in [5.74, 6) is 1.30. The zero-order valence-electron chi connectivity index (χ0n) is 11.3. The van der Waals surface area contributed by atoms with Crippen LogP contribution in [0.3, 0.4) is 0 Å². The van der Waals surface area contributed by atoms with Crippen molar-refractivity contribution in [1.29, 1.82) is 0 Å². The van der Waals surface area contributed by atoms with Crippen molar-refractivity contribution in [3.63, 3.8) is 0 Å². The number of hydrogen-bond acceptors (Lipinski definition) is 4. The minimum Gasteiger partial charge on any atom is -0.493 e. The van der Waals surface area contributed by atoms with Crippen LogP contribution in [0.1, 0.15) is 5.56 Å². The van der Waals surface area contributed by atoms with E-state index in [4.69, 9.17) is 9.47 Å². The number of hydrazone groups is 1. The van der Waals surface area contributed by atoms with Crippen LogP contribution in [-0.2, 0) is 0 Å². The van der Waals surface area contributed by atoms with Crippen molar-refractivity contribution in [3.8, 4) is 11.5 Å². The van der Waals surface area contributed by atoms with Crippen molar-refractivity contribution in [1.82, 2.24) is 0 Å². The monoisotopic (exact) mass is 334 g/mol. The van der Waals surface area contributed by atoms with Gasteiger partial charge in [-0.3, -0.25) is 5.43 Å². The highest BCUT2D eigenvalue weighted by atomic mass is 79.9. The number of anilines is 1. The third-order valence-electron chi connectivity index (χ3n) is 2.69. The molecule has 2 aromatic rings. The van der Waals surface area contributed by atoms with Crippen LogP contribution in [0, 0.1) is 0 Å². The molecule has 0 saturated heterocycles. The molecule has 0 aliphatic rings. The summed E-state index contributed by atoms with van der Waals surface area (Å²) in [7, 11) is 3.21. The summed E-state index contributed by atoms with van der Waals surface area (Å²) in [4.78, 5) is 0. The summed E-state index contributed by atoms with van der Waals surface area (Å²) in [5, 5.41) is 4.22. The van der Waals surface area contributed by atoms with Crippen LogP contribution in [0.2, 0.25) is 0 Å². The van der Waals surface area contributed by atoms with Crippen LogP contribution in [0.4, 0.5) is 5.69 Å². The van der Waals surface area contributed by atoms with E-state index in [1.807, 2.05) is 42.5 Å². The van der Waals surface area contributed by atoms with Gasteiger partial charge in [-0.15, -0.1) is 0 Å². The average molecular weight is 335 g/mol. The number of nitrogens with one attached hydrogen (secondary N) is 1. The maximum absolute atomic E-state index is 5.38. The van der Waals surface area contributed by atoms with Crippen molar-refractivity contribution < 1.29 is 9.47 Å². The lowest BCUT2D eigenvalue weighted by molar-refractivity contribution is 0.354. The van der Waals surface area contributed by atoms with E-state index in [1.54, 1.807) is 20.4 Å². The molecule has 0 bridgehead atoms. The third kappa shape index (κ3) is 3.30. The number of nitrogens with zero attached hydrogens (tertiary/aromatic N) is 1. The molecule has 0 fully saturated rings. The molecule has 0 spiro atoms. The molecule has 0 heterocycles. The highest BCUT2D eigenvalue weighted by molar-refractivity contribution is 9.10. The Balaban J connectivity index is 2.24. The van der Waals surface area contributed by atoms with E-state index < -0.39 is 0 Å². The number of hydrogen-bond donors (Lipinski definition) is 1. The Bertz CT molecular complexity index is 600. The van der Waals surface area contributed by atoms with Crippen LogP contribution >= 0.6 is 15.9 Å². The lowest BCUT2D eigenvalue weighted by Gasteiger charge is -2.11. The zero-order chi connectivity index (χ0) is 14.4. The number of methoxy groups -OCH3 is 2. The van der Waals surface area contributed by atoms with E-state index >= 15 is 0 Å². The lowest BCUT2D eigenvalue weighted by atomic mass is 10.2. The first-order chi connectivity index (χ1) is 9.76. The van der Waals surface area contributed by atoms with Crippen LogP contribution in [0.15, 0.2) is 52.0 Å².